The molecular weight excluding hydrogens is 186 g/mol. The molecule has 1 rings (SSSR count). The summed E-state index contributed by atoms with van der Waals surface area (Å²) in [6, 6.07) is 0. The van der Waals surface area contributed by atoms with Crippen LogP contribution >= 0.6 is 0 Å². The summed E-state index contributed by atoms with van der Waals surface area (Å²) in [7, 11) is 0. The highest BCUT2D eigenvalue weighted by Crippen LogP contribution is 2.25. The van der Waals surface area contributed by atoms with Gasteiger partial charge in [-0.1, -0.05) is 26.7 Å². The molecule has 2 nitrogen and oxygen atoms in total. The molecule has 2 heteroatoms. The Bertz CT molecular complexity index is 166. The van der Waals surface area contributed by atoms with Crippen molar-refractivity contribution in [3.63, 3.8) is 0 Å². The lowest BCUT2D eigenvalue weighted by Crippen LogP contribution is -2.39. The van der Waals surface area contributed by atoms with Gasteiger partial charge >= 0.3 is 0 Å². The molecule has 0 amide bonds. The van der Waals surface area contributed by atoms with Gasteiger partial charge in [-0.3, -0.25) is 0 Å². The number of hydrogen-bond acceptors (Lipinski definition) is 2. The molecule has 0 bridgehead atoms. The average molecular weight is 213 g/mol. The summed E-state index contributed by atoms with van der Waals surface area (Å²) in [6.45, 7) is 5.41. The Morgan fingerprint density at radius 3 is 2.67 bits per heavy atom. The molecular formula is C13H27NO. The first-order chi connectivity index (χ1) is 7.20. The van der Waals surface area contributed by atoms with Crippen LogP contribution in [0.1, 0.15) is 65.2 Å². The highest BCUT2D eigenvalue weighted by molar-refractivity contribution is 4.84. The predicted molar refractivity (Wildman–Crippen MR) is 64.9 cm³/mol. The Labute approximate surface area is 94.6 Å². The third-order valence-electron chi connectivity index (χ3n) is 3.72. The van der Waals surface area contributed by atoms with Gasteiger partial charge in [-0.15, -0.1) is 0 Å². The van der Waals surface area contributed by atoms with E-state index in [4.69, 9.17) is 10.5 Å². The SMILES string of the molecule is CCCCC(N)(CC)CCC1CCCO1. The average Bonchev–Trinajstić information content (AvgIpc) is 2.76. The molecule has 15 heavy (non-hydrogen) atoms. The lowest BCUT2D eigenvalue weighted by Gasteiger charge is -2.29. The second kappa shape index (κ2) is 6.49. The maximum Gasteiger partial charge on any atom is 0.0576 e. The van der Waals surface area contributed by atoms with E-state index < -0.39 is 0 Å². The van der Waals surface area contributed by atoms with Crippen LogP contribution in [0.15, 0.2) is 0 Å². The van der Waals surface area contributed by atoms with Gasteiger partial charge in [-0.05, 0) is 38.5 Å². The second-order valence-corrected chi connectivity index (χ2v) is 4.99. The Balaban J connectivity index is 2.24. The van der Waals surface area contributed by atoms with Crippen molar-refractivity contribution in [2.45, 2.75) is 76.9 Å². The van der Waals surface area contributed by atoms with Gasteiger partial charge in [0.15, 0.2) is 0 Å². The van der Waals surface area contributed by atoms with Crippen LogP contribution in [0, 0.1) is 0 Å². The Morgan fingerprint density at radius 1 is 1.33 bits per heavy atom. The first-order valence-corrected chi connectivity index (χ1v) is 6.60. The molecule has 0 spiro atoms. The van der Waals surface area contributed by atoms with Crippen LogP contribution in [-0.2, 0) is 4.74 Å². The van der Waals surface area contributed by atoms with E-state index in [1.807, 2.05) is 0 Å². The summed E-state index contributed by atoms with van der Waals surface area (Å²) in [6.07, 6.45) is 10.1. The van der Waals surface area contributed by atoms with Crippen molar-refractivity contribution in [3.8, 4) is 0 Å². The first kappa shape index (κ1) is 13.0. The van der Waals surface area contributed by atoms with E-state index in [9.17, 15) is 0 Å². The summed E-state index contributed by atoms with van der Waals surface area (Å²) >= 11 is 0. The molecule has 90 valence electrons. The molecule has 0 aromatic carbocycles. The molecule has 1 fully saturated rings. The van der Waals surface area contributed by atoms with Crippen molar-refractivity contribution in [1.29, 1.82) is 0 Å². The van der Waals surface area contributed by atoms with Gasteiger partial charge < -0.3 is 10.5 Å². The smallest absolute Gasteiger partial charge is 0.0576 e. The van der Waals surface area contributed by atoms with Crippen LogP contribution in [0.2, 0.25) is 0 Å². The van der Waals surface area contributed by atoms with Crippen LogP contribution in [-0.4, -0.2) is 18.2 Å². The third-order valence-corrected chi connectivity index (χ3v) is 3.72. The van der Waals surface area contributed by atoms with Crippen LogP contribution in [0.3, 0.4) is 0 Å². The predicted octanol–water partition coefficient (Wildman–Crippen LogP) is 3.24. The van der Waals surface area contributed by atoms with Crippen molar-refractivity contribution in [2.24, 2.45) is 5.73 Å². The zero-order chi connectivity index (χ0) is 11.1. The molecule has 1 aliphatic rings. The Morgan fingerprint density at radius 2 is 2.13 bits per heavy atom. The molecule has 0 radical (unpaired) electrons. The van der Waals surface area contributed by atoms with Gasteiger partial charge in [0.25, 0.3) is 0 Å². The van der Waals surface area contributed by atoms with Gasteiger partial charge in [0.05, 0.1) is 6.10 Å². The fraction of sp³-hybridized carbons (Fsp3) is 1.00. The van der Waals surface area contributed by atoms with E-state index in [1.165, 1.54) is 32.1 Å². The van der Waals surface area contributed by atoms with E-state index >= 15 is 0 Å². The fourth-order valence-corrected chi connectivity index (χ4v) is 2.33. The van der Waals surface area contributed by atoms with E-state index in [-0.39, 0.29) is 5.54 Å². The minimum absolute atomic E-state index is 0.0714. The monoisotopic (exact) mass is 213 g/mol. The van der Waals surface area contributed by atoms with Crippen molar-refractivity contribution in [2.75, 3.05) is 6.61 Å². The maximum atomic E-state index is 6.41. The number of nitrogens with two attached hydrogens (primary N) is 1. The number of ether oxygens (including phenoxy) is 1. The summed E-state index contributed by atoms with van der Waals surface area (Å²) in [4.78, 5) is 0. The fourth-order valence-electron chi connectivity index (χ4n) is 2.33. The quantitative estimate of drug-likeness (QED) is 0.704. The topological polar surface area (TPSA) is 35.2 Å². The lowest BCUT2D eigenvalue weighted by molar-refractivity contribution is 0.0945. The minimum atomic E-state index is 0.0714. The number of unbranched alkanes of at least 4 members (excludes halogenated alkanes) is 1. The zero-order valence-corrected chi connectivity index (χ0v) is 10.4. The lowest BCUT2D eigenvalue weighted by atomic mass is 9.85. The highest BCUT2D eigenvalue weighted by Gasteiger charge is 2.25. The summed E-state index contributed by atoms with van der Waals surface area (Å²) in [5.41, 5.74) is 6.48. The maximum absolute atomic E-state index is 6.41. The molecule has 0 aromatic rings. The van der Waals surface area contributed by atoms with E-state index in [0.29, 0.717) is 6.10 Å². The van der Waals surface area contributed by atoms with Crippen molar-refractivity contribution in [1.82, 2.24) is 0 Å². The second-order valence-electron chi connectivity index (χ2n) is 4.99. The van der Waals surface area contributed by atoms with Crippen LogP contribution < -0.4 is 5.73 Å². The summed E-state index contributed by atoms with van der Waals surface area (Å²) in [5.74, 6) is 0. The molecule has 0 aromatic heterocycles. The van der Waals surface area contributed by atoms with Gasteiger partial charge in [-0.25, -0.2) is 0 Å². The molecule has 2 unspecified atom stereocenters. The Kier molecular flexibility index (Phi) is 5.62. The summed E-state index contributed by atoms with van der Waals surface area (Å²) < 4.78 is 5.64. The Hall–Kier alpha value is -0.0800. The van der Waals surface area contributed by atoms with Crippen LogP contribution in [0.4, 0.5) is 0 Å². The molecule has 1 aliphatic heterocycles. The van der Waals surface area contributed by atoms with Crippen LogP contribution in [0.25, 0.3) is 0 Å². The largest absolute Gasteiger partial charge is 0.378 e. The highest BCUT2D eigenvalue weighted by atomic mass is 16.5. The van der Waals surface area contributed by atoms with Crippen LogP contribution in [0.5, 0.6) is 0 Å². The molecule has 2 atom stereocenters. The van der Waals surface area contributed by atoms with Crippen molar-refractivity contribution < 1.29 is 4.74 Å². The third kappa shape index (κ3) is 4.52. The molecule has 0 saturated carbocycles. The van der Waals surface area contributed by atoms with Gasteiger partial charge in [0, 0.05) is 12.1 Å². The number of rotatable bonds is 7. The van der Waals surface area contributed by atoms with E-state index in [2.05, 4.69) is 13.8 Å². The van der Waals surface area contributed by atoms with E-state index in [0.717, 1.165) is 25.9 Å². The molecule has 2 N–H and O–H groups in total. The van der Waals surface area contributed by atoms with Gasteiger partial charge in [0.2, 0.25) is 0 Å². The first-order valence-electron chi connectivity index (χ1n) is 6.60. The number of hydrogen-bond donors (Lipinski definition) is 1. The van der Waals surface area contributed by atoms with Crippen molar-refractivity contribution >= 4 is 0 Å². The standard InChI is InChI=1S/C13H27NO/c1-3-5-9-13(14,4-2)10-8-12-7-6-11-15-12/h12H,3-11,14H2,1-2H3. The van der Waals surface area contributed by atoms with Gasteiger partial charge in [0.1, 0.15) is 0 Å². The molecule has 0 aliphatic carbocycles. The normalized spacial score (nSPS) is 25.4. The molecule has 1 heterocycles. The van der Waals surface area contributed by atoms with Gasteiger partial charge in [-0.2, -0.15) is 0 Å². The summed E-state index contributed by atoms with van der Waals surface area (Å²) in [5, 5.41) is 0. The zero-order valence-electron chi connectivity index (χ0n) is 10.4. The molecule has 1 saturated heterocycles. The van der Waals surface area contributed by atoms with Crippen molar-refractivity contribution in [3.05, 3.63) is 0 Å². The van der Waals surface area contributed by atoms with E-state index in [1.54, 1.807) is 0 Å². The minimum Gasteiger partial charge on any atom is -0.378 e.